The number of hydrogen-bond donors (Lipinski definition) is 0. The summed E-state index contributed by atoms with van der Waals surface area (Å²) >= 11 is 0. The van der Waals surface area contributed by atoms with Gasteiger partial charge in [0.15, 0.2) is 0 Å². The highest BCUT2D eigenvalue weighted by atomic mass is 15.3. The van der Waals surface area contributed by atoms with Gasteiger partial charge in [0.1, 0.15) is 0 Å². The number of nitrogens with zero attached hydrogens (tertiary/aromatic N) is 3. The van der Waals surface area contributed by atoms with E-state index in [1.54, 1.807) is 0 Å². The summed E-state index contributed by atoms with van der Waals surface area (Å²) < 4.78 is 0. The molecule has 128 valence electrons. The van der Waals surface area contributed by atoms with E-state index in [9.17, 15) is 0 Å². The Morgan fingerprint density at radius 2 is 1.48 bits per heavy atom. The average molecular weight is 316 g/mol. The van der Waals surface area contributed by atoms with Crippen molar-refractivity contribution in [2.45, 2.75) is 51.7 Å². The summed E-state index contributed by atoms with van der Waals surface area (Å²) in [6.45, 7) is 15.6. The molecule has 23 heavy (non-hydrogen) atoms. The van der Waals surface area contributed by atoms with Crippen LogP contribution in [0.3, 0.4) is 0 Å². The van der Waals surface area contributed by atoms with Crippen LogP contribution >= 0.6 is 0 Å². The van der Waals surface area contributed by atoms with E-state index >= 15 is 0 Å². The Morgan fingerprint density at radius 1 is 0.870 bits per heavy atom. The van der Waals surface area contributed by atoms with Crippen LogP contribution in [-0.2, 0) is 6.54 Å². The predicted molar refractivity (Wildman–Crippen MR) is 97.6 cm³/mol. The highest BCUT2D eigenvalue weighted by molar-refractivity contribution is 5.14. The first-order valence-electron chi connectivity index (χ1n) is 9.28. The van der Waals surface area contributed by atoms with Crippen LogP contribution < -0.4 is 0 Å². The summed E-state index contributed by atoms with van der Waals surface area (Å²) in [6, 6.07) is 11.7. The summed E-state index contributed by atoms with van der Waals surface area (Å²) in [4.78, 5) is 8.01. The average Bonchev–Trinajstić information content (AvgIpc) is 2.56. The fourth-order valence-electron chi connectivity index (χ4n) is 4.04. The van der Waals surface area contributed by atoms with Gasteiger partial charge in [-0.2, -0.15) is 0 Å². The second kappa shape index (κ2) is 7.33. The number of rotatable bonds is 3. The van der Waals surface area contributed by atoms with Crippen molar-refractivity contribution in [3.63, 3.8) is 0 Å². The maximum atomic E-state index is 2.75. The monoisotopic (exact) mass is 315 g/mol. The van der Waals surface area contributed by atoms with Gasteiger partial charge >= 0.3 is 0 Å². The molecule has 0 aromatic heterocycles. The quantitative estimate of drug-likeness (QED) is 0.849. The third kappa shape index (κ3) is 4.56. The second-order valence-electron chi connectivity index (χ2n) is 8.19. The third-order valence-electron chi connectivity index (χ3n) is 5.59. The normalized spacial score (nSPS) is 23.3. The molecule has 2 saturated heterocycles. The fourth-order valence-corrected chi connectivity index (χ4v) is 4.04. The molecule has 2 fully saturated rings. The van der Waals surface area contributed by atoms with Crippen molar-refractivity contribution < 1.29 is 0 Å². The predicted octanol–water partition coefficient (Wildman–Crippen LogP) is 3.07. The molecule has 3 heteroatoms. The van der Waals surface area contributed by atoms with Crippen LogP contribution in [0.1, 0.15) is 39.2 Å². The number of benzene rings is 1. The van der Waals surface area contributed by atoms with Crippen LogP contribution in [0.25, 0.3) is 0 Å². The Hall–Kier alpha value is -0.900. The summed E-state index contributed by atoms with van der Waals surface area (Å²) in [6.07, 6.45) is 2.67. The molecule has 2 heterocycles. The molecular formula is C20H33N3. The SMILES string of the molecule is CC(C)(C)N1CCN(C2CCN(Cc3ccccc3)CC2)CC1. The van der Waals surface area contributed by atoms with E-state index in [2.05, 4.69) is 65.8 Å². The summed E-state index contributed by atoms with van der Waals surface area (Å²) in [7, 11) is 0. The van der Waals surface area contributed by atoms with Crippen LogP contribution in [0, 0.1) is 0 Å². The molecule has 2 aliphatic heterocycles. The first-order chi connectivity index (χ1) is 11.0. The van der Waals surface area contributed by atoms with E-state index in [1.807, 2.05) is 0 Å². The van der Waals surface area contributed by atoms with Crippen molar-refractivity contribution in [3.8, 4) is 0 Å². The van der Waals surface area contributed by atoms with Crippen molar-refractivity contribution >= 4 is 0 Å². The molecular weight excluding hydrogens is 282 g/mol. The van der Waals surface area contributed by atoms with E-state index in [4.69, 9.17) is 0 Å². The molecule has 0 aliphatic carbocycles. The molecule has 0 saturated carbocycles. The van der Waals surface area contributed by atoms with E-state index in [0.717, 1.165) is 12.6 Å². The molecule has 3 nitrogen and oxygen atoms in total. The Bertz CT molecular complexity index is 463. The minimum atomic E-state index is 0.325. The third-order valence-corrected chi connectivity index (χ3v) is 5.59. The van der Waals surface area contributed by atoms with Gasteiger partial charge < -0.3 is 0 Å². The molecule has 1 aromatic rings. The summed E-state index contributed by atoms with van der Waals surface area (Å²) in [5.41, 5.74) is 1.77. The van der Waals surface area contributed by atoms with Crippen LogP contribution in [0.4, 0.5) is 0 Å². The van der Waals surface area contributed by atoms with E-state index < -0.39 is 0 Å². The first-order valence-corrected chi connectivity index (χ1v) is 9.28. The molecule has 0 bridgehead atoms. The van der Waals surface area contributed by atoms with Gasteiger partial charge in [0.25, 0.3) is 0 Å². The van der Waals surface area contributed by atoms with Gasteiger partial charge in [0, 0.05) is 44.3 Å². The zero-order valence-electron chi connectivity index (χ0n) is 15.2. The number of likely N-dealkylation sites (tertiary alicyclic amines) is 1. The second-order valence-corrected chi connectivity index (χ2v) is 8.19. The highest BCUT2D eigenvalue weighted by Crippen LogP contribution is 2.22. The number of piperidine rings is 1. The Morgan fingerprint density at radius 3 is 2.04 bits per heavy atom. The fraction of sp³-hybridized carbons (Fsp3) is 0.700. The topological polar surface area (TPSA) is 9.72 Å². The van der Waals surface area contributed by atoms with E-state index in [-0.39, 0.29) is 0 Å². The highest BCUT2D eigenvalue weighted by Gasteiger charge is 2.30. The van der Waals surface area contributed by atoms with Crippen molar-refractivity contribution in [2.75, 3.05) is 39.3 Å². The van der Waals surface area contributed by atoms with Crippen LogP contribution in [0.15, 0.2) is 30.3 Å². The summed E-state index contributed by atoms with van der Waals surface area (Å²) in [5, 5.41) is 0. The number of hydrogen-bond acceptors (Lipinski definition) is 3. The molecule has 0 unspecified atom stereocenters. The van der Waals surface area contributed by atoms with Gasteiger partial charge in [0.05, 0.1) is 0 Å². The molecule has 2 aliphatic rings. The maximum absolute atomic E-state index is 2.75. The zero-order valence-corrected chi connectivity index (χ0v) is 15.2. The molecule has 0 atom stereocenters. The van der Waals surface area contributed by atoms with Crippen molar-refractivity contribution in [1.82, 2.24) is 14.7 Å². The first kappa shape index (κ1) is 16.9. The van der Waals surface area contributed by atoms with E-state index in [1.165, 1.54) is 57.7 Å². The zero-order chi connectivity index (χ0) is 16.3. The standard InChI is InChI=1S/C20H33N3/c1-20(2,3)23-15-13-22(14-16-23)19-9-11-21(12-10-19)17-18-7-5-4-6-8-18/h4-8,19H,9-17H2,1-3H3. The lowest BCUT2D eigenvalue weighted by Crippen LogP contribution is -2.57. The number of piperazine rings is 1. The van der Waals surface area contributed by atoms with Crippen molar-refractivity contribution in [2.24, 2.45) is 0 Å². The minimum Gasteiger partial charge on any atom is -0.299 e. The van der Waals surface area contributed by atoms with Crippen LogP contribution in [0.5, 0.6) is 0 Å². The molecule has 0 radical (unpaired) electrons. The molecule has 0 spiro atoms. The lowest BCUT2D eigenvalue weighted by atomic mass is 10.00. The van der Waals surface area contributed by atoms with Crippen LogP contribution in [0.2, 0.25) is 0 Å². The van der Waals surface area contributed by atoms with Crippen molar-refractivity contribution in [3.05, 3.63) is 35.9 Å². The van der Waals surface area contributed by atoms with Crippen LogP contribution in [-0.4, -0.2) is 65.5 Å². The maximum Gasteiger partial charge on any atom is 0.0233 e. The largest absolute Gasteiger partial charge is 0.299 e. The Balaban J connectivity index is 1.43. The van der Waals surface area contributed by atoms with Gasteiger partial charge in [-0.3, -0.25) is 14.7 Å². The van der Waals surface area contributed by atoms with Crippen molar-refractivity contribution in [1.29, 1.82) is 0 Å². The van der Waals surface area contributed by atoms with Gasteiger partial charge in [-0.15, -0.1) is 0 Å². The van der Waals surface area contributed by atoms with Gasteiger partial charge in [-0.05, 0) is 52.3 Å². The van der Waals surface area contributed by atoms with E-state index in [0.29, 0.717) is 5.54 Å². The smallest absolute Gasteiger partial charge is 0.0233 e. The lowest BCUT2D eigenvalue weighted by molar-refractivity contribution is 0.0229. The Labute approximate surface area is 142 Å². The van der Waals surface area contributed by atoms with Gasteiger partial charge in [0.2, 0.25) is 0 Å². The molecule has 0 amide bonds. The molecule has 3 rings (SSSR count). The lowest BCUT2D eigenvalue weighted by Gasteiger charge is -2.46. The molecule has 1 aromatic carbocycles. The van der Waals surface area contributed by atoms with Gasteiger partial charge in [-0.1, -0.05) is 30.3 Å². The summed E-state index contributed by atoms with van der Waals surface area (Å²) in [5.74, 6) is 0. The Kier molecular flexibility index (Phi) is 5.40. The van der Waals surface area contributed by atoms with Gasteiger partial charge in [-0.25, -0.2) is 0 Å². The minimum absolute atomic E-state index is 0.325. The molecule has 0 N–H and O–H groups in total.